The van der Waals surface area contributed by atoms with E-state index in [-0.39, 0.29) is 120 Å². The molecule has 0 atom stereocenters. The number of benzene rings is 6. The van der Waals surface area contributed by atoms with Crippen LogP contribution in [0.1, 0.15) is 106 Å². The first-order valence-corrected chi connectivity index (χ1v) is 20.0. The minimum atomic E-state index is 0. The second-order valence-corrected chi connectivity index (χ2v) is 15.8. The molecule has 6 rings (SSSR count). The van der Waals surface area contributed by atoms with Crippen LogP contribution in [0.15, 0.2) is 84.9 Å². The summed E-state index contributed by atoms with van der Waals surface area (Å²) in [5.41, 5.74) is 25.8. The summed E-state index contributed by atoms with van der Waals surface area (Å²) < 4.78 is 0. The van der Waals surface area contributed by atoms with Crippen LogP contribution >= 0.6 is 0 Å². The molecule has 0 bridgehead atoms. The van der Waals surface area contributed by atoms with Gasteiger partial charge in [-0.05, 0) is 83.1 Å². The third-order valence-corrected chi connectivity index (χ3v) is 10.3. The van der Waals surface area contributed by atoms with Gasteiger partial charge in [-0.2, -0.15) is 0 Å². The maximum absolute atomic E-state index is 3.68. The van der Waals surface area contributed by atoms with Gasteiger partial charge in [-0.3, -0.25) is 0 Å². The predicted octanol–water partition coefficient (Wildman–Crippen LogP) is 3.18. The van der Waals surface area contributed by atoms with E-state index in [1.54, 1.807) is 0 Å². The van der Waals surface area contributed by atoms with Crippen LogP contribution in [-0.4, -0.2) is 52.4 Å². The molecule has 0 amide bonds. The number of rotatable bonds is 7. The Hall–Kier alpha value is -0.994. The summed E-state index contributed by atoms with van der Waals surface area (Å²) in [5.74, 6) is 0. The summed E-state index contributed by atoms with van der Waals surface area (Å²) in [5, 5.41) is 0. The fraction of sp³-hybridized carbons (Fsp3) is 0.333. The molecular formula is C54H64Bi2Br4. The van der Waals surface area contributed by atoms with Crippen molar-refractivity contribution >= 4 is 52.4 Å². The van der Waals surface area contributed by atoms with E-state index in [4.69, 9.17) is 0 Å². The van der Waals surface area contributed by atoms with Gasteiger partial charge >= 0.3 is 52.4 Å². The van der Waals surface area contributed by atoms with Crippen molar-refractivity contribution in [3.05, 3.63) is 164 Å². The second kappa shape index (κ2) is 30.2. The number of aryl methyl sites for hydroxylation is 12. The summed E-state index contributed by atoms with van der Waals surface area (Å²) in [6.45, 7) is 30.6. The summed E-state index contributed by atoms with van der Waals surface area (Å²) in [4.78, 5) is 0. The normalized spacial score (nSPS) is 9.63. The van der Waals surface area contributed by atoms with Gasteiger partial charge in [0.05, 0.1) is 0 Å². The van der Waals surface area contributed by atoms with Crippen LogP contribution in [0.3, 0.4) is 0 Å². The van der Waals surface area contributed by atoms with Gasteiger partial charge in [0, 0.05) is 0 Å². The first kappa shape index (κ1) is 63.3. The molecule has 0 aliphatic rings. The molecule has 0 spiro atoms. The van der Waals surface area contributed by atoms with Gasteiger partial charge in [-0.15, -0.1) is 70.8 Å². The van der Waals surface area contributed by atoms with Gasteiger partial charge in [0.2, 0.25) is 0 Å². The van der Waals surface area contributed by atoms with Gasteiger partial charge in [-0.25, -0.2) is 0 Å². The zero-order chi connectivity index (χ0) is 39.7. The molecule has 6 aromatic carbocycles. The van der Waals surface area contributed by atoms with Crippen molar-refractivity contribution in [1.29, 1.82) is 0 Å². The molecule has 0 saturated heterocycles. The molecule has 6 heteroatoms. The van der Waals surface area contributed by atoms with Gasteiger partial charge in [0.25, 0.3) is 0 Å². The maximum atomic E-state index is 3.68. The van der Waals surface area contributed by atoms with Crippen molar-refractivity contribution in [3.8, 4) is 44.5 Å². The molecule has 6 aromatic rings. The Morgan fingerprint density at radius 1 is 0.317 bits per heavy atom. The van der Waals surface area contributed by atoms with Crippen LogP contribution in [0, 0.1) is 95.2 Å². The summed E-state index contributed by atoms with van der Waals surface area (Å²) in [6.07, 6.45) is 5.54. The van der Waals surface area contributed by atoms with E-state index < -0.39 is 0 Å². The fourth-order valence-corrected chi connectivity index (χ4v) is 8.44. The monoisotopic (exact) mass is 1450 g/mol. The second-order valence-electron chi connectivity index (χ2n) is 15.8. The molecular weight excluding hydrogens is 1390 g/mol. The molecule has 4 radical (unpaired) electrons. The van der Waals surface area contributed by atoms with Crippen LogP contribution in [0.5, 0.6) is 0 Å². The van der Waals surface area contributed by atoms with Crippen molar-refractivity contribution in [3.63, 3.8) is 0 Å². The molecule has 60 heavy (non-hydrogen) atoms. The Morgan fingerprint density at radius 3 is 0.633 bits per heavy atom. The topological polar surface area (TPSA) is 0 Å². The maximum Gasteiger partial charge on any atom is 3.00 e. The van der Waals surface area contributed by atoms with Crippen LogP contribution in [0.2, 0.25) is 0 Å². The van der Waals surface area contributed by atoms with E-state index in [9.17, 15) is 0 Å². The minimum absolute atomic E-state index is 0. The average molecular weight is 1450 g/mol. The largest absolute Gasteiger partial charge is 3.00 e. The molecule has 318 valence electrons. The van der Waals surface area contributed by atoms with Gasteiger partial charge in [0.15, 0.2) is 0 Å². The van der Waals surface area contributed by atoms with Crippen molar-refractivity contribution < 1.29 is 67.9 Å². The Balaban J connectivity index is -0.000000876. The van der Waals surface area contributed by atoms with Crippen LogP contribution in [0.4, 0.5) is 0 Å². The zero-order valence-corrected chi connectivity index (χ0v) is 51.6. The molecule has 0 N–H and O–H groups in total. The number of unbranched alkanes of at least 4 members (excludes halogenated alkanes) is 3. The van der Waals surface area contributed by atoms with Crippen molar-refractivity contribution in [2.45, 2.75) is 123 Å². The fourth-order valence-electron chi connectivity index (χ4n) is 8.44. The Bertz CT molecular complexity index is 1840. The minimum Gasteiger partial charge on any atom is -1.00 e. The van der Waals surface area contributed by atoms with Gasteiger partial charge in [0.1, 0.15) is 0 Å². The SMILES string of the molecule is CCCCCC.Cc1cc(C)c(-c2[c-]c(-c3c(C)cc(C)cc3C)ccc2)c(C)c1.Cc1cc(C)c(-c2[c-]c(-c3c(C)cc(C)cc3C)ccc2)c(C)c1.[Bi+3].[Bi+3].[Br-].[Br-].[Br-].[Br-]. The molecule has 0 fully saturated rings. The molecule has 0 nitrogen and oxygen atoms in total. The molecule has 0 unspecified atom stereocenters. The van der Waals surface area contributed by atoms with Crippen molar-refractivity contribution in [2.75, 3.05) is 0 Å². The first-order chi connectivity index (χ1) is 25.6. The summed E-state index contributed by atoms with van der Waals surface area (Å²) >= 11 is 0. The summed E-state index contributed by atoms with van der Waals surface area (Å²) in [6, 6.07) is 38.4. The van der Waals surface area contributed by atoms with E-state index in [1.165, 1.54) is 137 Å². The van der Waals surface area contributed by atoms with Gasteiger partial charge in [-0.1, -0.05) is 177 Å². The molecule has 0 aliphatic heterocycles. The zero-order valence-electron chi connectivity index (χ0n) is 38.3. The smallest absolute Gasteiger partial charge is 1.00 e. The Kier molecular flexibility index (Phi) is 31.9. The van der Waals surface area contributed by atoms with E-state index in [2.05, 4.69) is 194 Å². The Labute approximate surface area is 446 Å². The number of hydrogen-bond donors (Lipinski definition) is 0. The van der Waals surface area contributed by atoms with Crippen molar-refractivity contribution in [2.24, 2.45) is 0 Å². The number of hydrogen-bond acceptors (Lipinski definition) is 0. The molecule has 0 heterocycles. The standard InChI is InChI=1S/2C24H25.C6H14.2Bi.4BrH/c2*1-15-10-17(3)23(18(4)11-15)21-8-7-9-22(14-21)24-19(5)12-16(2)13-20(24)6;1-3-5-6-4-2;;;;;;/h2*7-13H,1-6H3;3-6H2,1-2H3;;;4*1H/q2*-1;;2*+3;;;;/p-4. The van der Waals surface area contributed by atoms with E-state index in [0.717, 1.165) is 0 Å². The first-order valence-electron chi connectivity index (χ1n) is 20.0. The quantitative estimate of drug-likeness (QED) is 0.131. The van der Waals surface area contributed by atoms with Crippen LogP contribution < -0.4 is 67.9 Å². The predicted molar refractivity (Wildman–Crippen MR) is 250 cm³/mol. The van der Waals surface area contributed by atoms with E-state index >= 15 is 0 Å². The third kappa shape index (κ3) is 17.2. The van der Waals surface area contributed by atoms with Crippen LogP contribution in [-0.2, 0) is 0 Å². The average Bonchev–Trinajstić information content (AvgIpc) is 3.07. The van der Waals surface area contributed by atoms with E-state index in [1.807, 2.05) is 0 Å². The molecule has 0 aromatic heterocycles. The molecule has 0 aliphatic carbocycles. The molecule has 0 saturated carbocycles. The number of halogens is 4. The van der Waals surface area contributed by atoms with E-state index in [0.29, 0.717) is 0 Å². The third-order valence-electron chi connectivity index (χ3n) is 10.3. The van der Waals surface area contributed by atoms with Crippen molar-refractivity contribution in [1.82, 2.24) is 0 Å². The Morgan fingerprint density at radius 2 is 0.483 bits per heavy atom. The summed E-state index contributed by atoms with van der Waals surface area (Å²) in [7, 11) is 0. The van der Waals surface area contributed by atoms with Gasteiger partial charge < -0.3 is 67.9 Å². The van der Waals surface area contributed by atoms with Crippen LogP contribution in [0.25, 0.3) is 44.5 Å².